The molecule has 0 aromatic heterocycles. The van der Waals surface area contributed by atoms with Gasteiger partial charge in [-0.05, 0) is 56.9 Å². The summed E-state index contributed by atoms with van der Waals surface area (Å²) in [6.45, 7) is 17.0. The van der Waals surface area contributed by atoms with Crippen LogP contribution in [0.1, 0.15) is 73.3 Å². The van der Waals surface area contributed by atoms with Gasteiger partial charge in [-0.15, -0.1) is 0 Å². The highest BCUT2D eigenvalue weighted by molar-refractivity contribution is 6.11. The molecule has 0 fully saturated rings. The van der Waals surface area contributed by atoms with Crippen molar-refractivity contribution in [3.8, 4) is 0 Å². The van der Waals surface area contributed by atoms with Gasteiger partial charge >= 0.3 is 0 Å². The van der Waals surface area contributed by atoms with Crippen molar-refractivity contribution in [2.24, 2.45) is 4.99 Å². The number of amidine groups is 1. The van der Waals surface area contributed by atoms with E-state index in [9.17, 15) is 0 Å². The van der Waals surface area contributed by atoms with Crippen LogP contribution in [-0.4, -0.2) is 23.8 Å². The lowest BCUT2D eigenvalue weighted by Crippen LogP contribution is -2.27. The van der Waals surface area contributed by atoms with Crippen LogP contribution in [0.3, 0.4) is 0 Å². The number of rotatable bonds is 8. The smallest absolute Gasteiger partial charge is 0.139 e. The van der Waals surface area contributed by atoms with Crippen LogP contribution in [-0.2, 0) is 0 Å². The molecule has 0 amide bonds. The molecule has 0 saturated carbocycles. The van der Waals surface area contributed by atoms with Crippen molar-refractivity contribution in [1.82, 2.24) is 10.2 Å². The van der Waals surface area contributed by atoms with E-state index in [1.54, 1.807) is 0 Å². The predicted molar refractivity (Wildman–Crippen MR) is 130 cm³/mol. The maximum Gasteiger partial charge on any atom is 0.139 e. The Balaban J connectivity index is 0.00000204. The minimum atomic E-state index is 0.775. The summed E-state index contributed by atoms with van der Waals surface area (Å²) in [5.41, 5.74) is 12.5. The van der Waals surface area contributed by atoms with E-state index in [1.807, 2.05) is 44.3 Å². The van der Waals surface area contributed by atoms with Crippen LogP contribution in [0.5, 0.6) is 0 Å². The SMILES string of the molecule is CC.CCCN(CCC)/C(C)=C1\C=C(c2ccc(N)cc2)NC1=NC=C(C)CC. The maximum absolute atomic E-state index is 5.84. The summed E-state index contributed by atoms with van der Waals surface area (Å²) >= 11 is 0. The van der Waals surface area contributed by atoms with Gasteiger partial charge in [0, 0.05) is 41.9 Å². The number of nitrogens with two attached hydrogens (primary N) is 1. The van der Waals surface area contributed by atoms with Gasteiger partial charge in [-0.3, -0.25) is 0 Å². The second kappa shape index (κ2) is 12.9. The highest BCUT2D eigenvalue weighted by Gasteiger charge is 2.21. The second-order valence-electron chi connectivity index (χ2n) is 7.10. The van der Waals surface area contributed by atoms with Crippen molar-refractivity contribution in [1.29, 1.82) is 0 Å². The van der Waals surface area contributed by atoms with Crippen LogP contribution in [0.2, 0.25) is 0 Å². The zero-order chi connectivity index (χ0) is 21.8. The van der Waals surface area contributed by atoms with Crippen LogP contribution >= 0.6 is 0 Å². The van der Waals surface area contributed by atoms with E-state index in [0.717, 1.165) is 55.1 Å². The van der Waals surface area contributed by atoms with Crippen molar-refractivity contribution >= 4 is 17.2 Å². The fourth-order valence-corrected chi connectivity index (χ4v) is 3.06. The molecular formula is C25H40N4. The summed E-state index contributed by atoms with van der Waals surface area (Å²) in [5, 5.41) is 3.52. The highest BCUT2D eigenvalue weighted by atomic mass is 15.1. The normalized spacial score (nSPS) is 16.7. The van der Waals surface area contributed by atoms with Crippen molar-refractivity contribution in [2.45, 2.75) is 67.7 Å². The number of hydrogen-bond acceptors (Lipinski definition) is 3. The third-order valence-electron chi connectivity index (χ3n) is 4.84. The second-order valence-corrected chi connectivity index (χ2v) is 7.10. The Morgan fingerprint density at radius 1 is 1.03 bits per heavy atom. The molecule has 0 radical (unpaired) electrons. The molecule has 4 nitrogen and oxygen atoms in total. The number of anilines is 1. The van der Waals surface area contributed by atoms with Gasteiger partial charge in [0.15, 0.2) is 0 Å². The van der Waals surface area contributed by atoms with Gasteiger partial charge in [0.25, 0.3) is 0 Å². The lowest BCUT2D eigenvalue weighted by molar-refractivity contribution is 0.344. The molecular weight excluding hydrogens is 356 g/mol. The summed E-state index contributed by atoms with van der Waals surface area (Å²) in [6, 6.07) is 7.97. The zero-order valence-corrected chi connectivity index (χ0v) is 19.5. The quantitative estimate of drug-likeness (QED) is 0.504. The molecule has 0 saturated heterocycles. The van der Waals surface area contributed by atoms with Crippen LogP contribution < -0.4 is 11.1 Å². The molecule has 4 heteroatoms. The lowest BCUT2D eigenvalue weighted by atomic mass is 10.1. The first-order valence-electron chi connectivity index (χ1n) is 11.0. The van der Waals surface area contributed by atoms with E-state index < -0.39 is 0 Å². The molecule has 2 rings (SSSR count). The van der Waals surface area contributed by atoms with Crippen LogP contribution in [0.15, 0.2) is 58.4 Å². The average molecular weight is 397 g/mol. The van der Waals surface area contributed by atoms with E-state index in [0.29, 0.717) is 0 Å². The summed E-state index contributed by atoms with van der Waals surface area (Å²) in [5.74, 6) is 0.921. The van der Waals surface area contributed by atoms with Crippen molar-refractivity contribution in [2.75, 3.05) is 18.8 Å². The van der Waals surface area contributed by atoms with Crippen LogP contribution in [0.4, 0.5) is 5.69 Å². The average Bonchev–Trinajstić information content (AvgIpc) is 3.17. The predicted octanol–water partition coefficient (Wildman–Crippen LogP) is 6.35. The number of aliphatic imine (C=N–C) groups is 1. The monoisotopic (exact) mass is 396 g/mol. The Morgan fingerprint density at radius 3 is 2.14 bits per heavy atom. The molecule has 1 aromatic rings. The largest absolute Gasteiger partial charge is 0.399 e. The van der Waals surface area contributed by atoms with E-state index in [-0.39, 0.29) is 0 Å². The molecule has 0 bridgehead atoms. The molecule has 29 heavy (non-hydrogen) atoms. The fraction of sp³-hybridized carbons (Fsp3) is 0.480. The molecule has 1 aliphatic heterocycles. The first-order valence-corrected chi connectivity index (χ1v) is 11.0. The number of benzene rings is 1. The van der Waals surface area contributed by atoms with Crippen molar-refractivity contribution < 1.29 is 0 Å². The Kier molecular flexibility index (Phi) is 10.9. The molecule has 0 spiro atoms. The van der Waals surface area contributed by atoms with Crippen LogP contribution in [0.25, 0.3) is 5.70 Å². The Bertz CT molecular complexity index is 746. The van der Waals surface area contributed by atoms with E-state index >= 15 is 0 Å². The standard InChI is InChI=1S/C23H34N4.C2H6/c1-6-13-27(14-7-2)18(5)21-15-22(19-9-11-20(24)12-10-19)26-23(21)25-16-17(4)8-3;1-2/h9-12,15-16H,6-8,13-14,24H2,1-5H3,(H,25,26);1-2H3/b17-16?,21-18+;. The summed E-state index contributed by atoms with van der Waals surface area (Å²) in [7, 11) is 0. The topological polar surface area (TPSA) is 53.6 Å². The first-order chi connectivity index (χ1) is 14.0. The molecule has 0 atom stereocenters. The molecule has 1 heterocycles. The van der Waals surface area contributed by atoms with Gasteiger partial charge in [-0.2, -0.15) is 0 Å². The number of nitrogens with zero attached hydrogens (tertiary/aromatic N) is 2. The zero-order valence-electron chi connectivity index (χ0n) is 19.5. The fourth-order valence-electron chi connectivity index (χ4n) is 3.06. The Labute approximate surface area is 178 Å². The van der Waals surface area contributed by atoms with Gasteiger partial charge in [0.05, 0.1) is 0 Å². The number of nitrogens with one attached hydrogen (secondary N) is 1. The Morgan fingerprint density at radius 2 is 1.62 bits per heavy atom. The highest BCUT2D eigenvalue weighted by Crippen LogP contribution is 2.26. The summed E-state index contributed by atoms with van der Waals surface area (Å²) < 4.78 is 0. The van der Waals surface area contributed by atoms with Crippen molar-refractivity contribution in [3.05, 3.63) is 58.9 Å². The minimum absolute atomic E-state index is 0.775. The number of nitrogen functional groups attached to an aromatic ring is 1. The van der Waals surface area contributed by atoms with Gasteiger partial charge in [-0.1, -0.05) is 52.3 Å². The van der Waals surface area contributed by atoms with E-state index in [1.165, 1.54) is 16.8 Å². The Hall–Kier alpha value is -2.49. The van der Waals surface area contributed by atoms with E-state index in [4.69, 9.17) is 10.7 Å². The van der Waals surface area contributed by atoms with Crippen molar-refractivity contribution in [3.63, 3.8) is 0 Å². The third-order valence-corrected chi connectivity index (χ3v) is 4.84. The molecule has 1 aromatic carbocycles. The van der Waals surface area contributed by atoms with Gasteiger partial charge in [-0.25, -0.2) is 4.99 Å². The van der Waals surface area contributed by atoms with Crippen LogP contribution in [0, 0.1) is 0 Å². The van der Waals surface area contributed by atoms with E-state index in [2.05, 4.69) is 50.9 Å². The maximum atomic E-state index is 5.84. The molecule has 0 unspecified atom stereocenters. The third kappa shape index (κ3) is 7.12. The minimum Gasteiger partial charge on any atom is -0.399 e. The van der Waals surface area contributed by atoms with Gasteiger partial charge in [0.2, 0.25) is 0 Å². The first kappa shape index (κ1) is 24.5. The van der Waals surface area contributed by atoms with Gasteiger partial charge < -0.3 is 16.0 Å². The molecule has 3 N–H and O–H groups in total. The van der Waals surface area contributed by atoms with Gasteiger partial charge in [0.1, 0.15) is 5.84 Å². The molecule has 0 aliphatic carbocycles. The summed E-state index contributed by atoms with van der Waals surface area (Å²) in [6.07, 6.45) is 7.46. The summed E-state index contributed by atoms with van der Waals surface area (Å²) in [4.78, 5) is 7.24. The molecule has 1 aliphatic rings. The molecule has 160 valence electrons. The number of allylic oxidation sites excluding steroid dienone is 2. The number of hydrogen-bond donors (Lipinski definition) is 2. The lowest BCUT2D eigenvalue weighted by Gasteiger charge is -2.25.